The Bertz CT molecular complexity index is 605. The maximum absolute atomic E-state index is 5.01. The Hall–Kier alpha value is -1.53. The molecule has 1 aromatic carbocycles. The first-order chi connectivity index (χ1) is 7.66. The van der Waals surface area contributed by atoms with Gasteiger partial charge in [0, 0.05) is 0 Å². The van der Waals surface area contributed by atoms with Crippen LogP contribution in [0.2, 0.25) is 0 Å². The van der Waals surface area contributed by atoms with Gasteiger partial charge in [-0.05, 0) is 36.9 Å². The first-order valence-corrected chi connectivity index (χ1v) is 5.49. The summed E-state index contributed by atoms with van der Waals surface area (Å²) < 4.78 is 2.37. The van der Waals surface area contributed by atoms with Gasteiger partial charge in [-0.25, -0.2) is 0 Å². The number of aromatic nitrogens is 3. The first-order valence-electron chi connectivity index (χ1n) is 4.67. The lowest BCUT2D eigenvalue weighted by Crippen LogP contribution is -1.91. The molecule has 0 saturated heterocycles. The van der Waals surface area contributed by atoms with Gasteiger partial charge in [0.2, 0.25) is 9.54 Å². The van der Waals surface area contributed by atoms with Crippen LogP contribution in [-0.4, -0.2) is 21.1 Å². The molecule has 6 heteroatoms. The fraction of sp³-hybridized carbons (Fsp3) is 0.100. The number of nitrogens with one attached hydrogen (secondary N) is 2. The molecule has 0 spiro atoms. The van der Waals surface area contributed by atoms with Crippen LogP contribution in [0.3, 0.4) is 0 Å². The van der Waals surface area contributed by atoms with Crippen LogP contribution in [0, 0.1) is 16.5 Å². The fourth-order valence-corrected chi connectivity index (χ4v) is 1.72. The summed E-state index contributed by atoms with van der Waals surface area (Å²) in [6, 6.07) is 8.02. The van der Waals surface area contributed by atoms with Crippen molar-refractivity contribution in [1.29, 1.82) is 0 Å². The van der Waals surface area contributed by atoms with Crippen LogP contribution in [0.4, 0.5) is 0 Å². The third kappa shape index (κ3) is 2.34. The molecule has 0 fully saturated rings. The van der Waals surface area contributed by atoms with Crippen molar-refractivity contribution in [2.24, 2.45) is 5.10 Å². The van der Waals surface area contributed by atoms with Crippen molar-refractivity contribution in [2.45, 2.75) is 6.92 Å². The van der Waals surface area contributed by atoms with E-state index in [1.807, 2.05) is 31.2 Å². The molecule has 2 aromatic rings. The maximum Gasteiger partial charge on any atom is 0.215 e. The standard InChI is InChI=1S/C10H10N4S2/c1-7-3-2-4-8(5-7)6-11-14-9(15)12-13-10(14)16/h2-6H,1H3,(H,12,15)(H,13,16)/b11-6-. The molecule has 4 nitrogen and oxygen atoms in total. The molecule has 0 saturated carbocycles. The maximum atomic E-state index is 5.01. The third-order valence-electron chi connectivity index (χ3n) is 2.03. The average Bonchev–Trinajstić information content (AvgIpc) is 2.56. The Kier molecular flexibility index (Phi) is 3.12. The minimum Gasteiger partial charge on any atom is -0.273 e. The van der Waals surface area contributed by atoms with Crippen molar-refractivity contribution in [3.05, 3.63) is 44.9 Å². The molecular formula is C10H10N4S2. The van der Waals surface area contributed by atoms with E-state index in [2.05, 4.69) is 15.3 Å². The summed E-state index contributed by atoms with van der Waals surface area (Å²) in [4.78, 5) is 0. The quantitative estimate of drug-likeness (QED) is 0.636. The summed E-state index contributed by atoms with van der Waals surface area (Å²) in [6.45, 7) is 2.03. The number of nitrogens with zero attached hydrogens (tertiary/aromatic N) is 2. The van der Waals surface area contributed by atoms with Gasteiger partial charge >= 0.3 is 0 Å². The largest absolute Gasteiger partial charge is 0.273 e. The zero-order valence-corrected chi connectivity index (χ0v) is 10.2. The monoisotopic (exact) mass is 250 g/mol. The molecule has 1 aromatic heterocycles. The predicted octanol–water partition coefficient (Wildman–Crippen LogP) is 2.79. The second kappa shape index (κ2) is 4.54. The number of benzene rings is 1. The van der Waals surface area contributed by atoms with Crippen molar-refractivity contribution in [2.75, 3.05) is 0 Å². The summed E-state index contributed by atoms with van der Waals surface area (Å²) >= 11 is 10.0. The number of aromatic amines is 2. The topological polar surface area (TPSA) is 48.9 Å². The molecule has 82 valence electrons. The number of H-pyrrole nitrogens is 2. The van der Waals surface area contributed by atoms with E-state index in [1.165, 1.54) is 10.2 Å². The summed E-state index contributed by atoms with van der Waals surface area (Å²) in [5, 5.41) is 9.64. The lowest BCUT2D eigenvalue weighted by molar-refractivity contribution is 0.848. The molecule has 1 heterocycles. The highest BCUT2D eigenvalue weighted by Gasteiger charge is 1.93. The second-order valence-electron chi connectivity index (χ2n) is 3.33. The van der Waals surface area contributed by atoms with E-state index in [0.29, 0.717) is 9.54 Å². The first kappa shape index (κ1) is 11.0. The molecule has 0 radical (unpaired) electrons. The highest BCUT2D eigenvalue weighted by Crippen LogP contribution is 2.01. The lowest BCUT2D eigenvalue weighted by Gasteiger charge is -1.95. The van der Waals surface area contributed by atoms with E-state index in [-0.39, 0.29) is 0 Å². The Morgan fingerprint density at radius 1 is 1.25 bits per heavy atom. The lowest BCUT2D eigenvalue weighted by atomic mass is 10.2. The van der Waals surface area contributed by atoms with E-state index in [1.54, 1.807) is 6.21 Å². The Morgan fingerprint density at radius 3 is 2.56 bits per heavy atom. The summed E-state index contributed by atoms with van der Waals surface area (Å²) in [7, 11) is 0. The van der Waals surface area contributed by atoms with Gasteiger partial charge in [-0.15, -0.1) is 0 Å². The van der Waals surface area contributed by atoms with E-state index in [0.717, 1.165) is 5.56 Å². The SMILES string of the molecule is Cc1cccc(/C=N\n2c(=S)[nH][nH]c2=S)c1. The molecule has 0 unspecified atom stereocenters. The van der Waals surface area contributed by atoms with Crippen LogP contribution in [-0.2, 0) is 0 Å². The molecule has 2 rings (SSSR count). The molecule has 0 bridgehead atoms. The molecule has 2 N–H and O–H groups in total. The summed E-state index contributed by atoms with van der Waals surface area (Å²) in [6.07, 6.45) is 1.72. The Balaban J connectivity index is 2.35. The fourth-order valence-electron chi connectivity index (χ4n) is 1.28. The van der Waals surface area contributed by atoms with Gasteiger partial charge in [0.15, 0.2) is 0 Å². The van der Waals surface area contributed by atoms with Crippen molar-refractivity contribution < 1.29 is 0 Å². The van der Waals surface area contributed by atoms with Gasteiger partial charge in [-0.1, -0.05) is 29.8 Å². The average molecular weight is 250 g/mol. The van der Waals surface area contributed by atoms with Crippen LogP contribution in [0.5, 0.6) is 0 Å². The van der Waals surface area contributed by atoms with Gasteiger partial charge in [0.25, 0.3) is 0 Å². The van der Waals surface area contributed by atoms with Gasteiger partial charge < -0.3 is 0 Å². The van der Waals surface area contributed by atoms with Crippen molar-refractivity contribution in [3.8, 4) is 0 Å². The van der Waals surface area contributed by atoms with Gasteiger partial charge in [-0.3, -0.25) is 10.2 Å². The van der Waals surface area contributed by atoms with Gasteiger partial charge in [0.1, 0.15) is 0 Å². The van der Waals surface area contributed by atoms with Crippen LogP contribution in [0.1, 0.15) is 11.1 Å². The Morgan fingerprint density at radius 2 is 1.94 bits per heavy atom. The number of rotatable bonds is 2. The van der Waals surface area contributed by atoms with Gasteiger partial charge in [-0.2, -0.15) is 9.78 Å². The molecule has 16 heavy (non-hydrogen) atoms. The van der Waals surface area contributed by atoms with Crippen LogP contribution in [0.15, 0.2) is 29.4 Å². The van der Waals surface area contributed by atoms with Crippen LogP contribution < -0.4 is 0 Å². The van der Waals surface area contributed by atoms with E-state index in [4.69, 9.17) is 24.4 Å². The summed E-state index contributed by atoms with van der Waals surface area (Å²) in [5.41, 5.74) is 2.20. The van der Waals surface area contributed by atoms with Gasteiger partial charge in [0.05, 0.1) is 6.21 Å². The molecular weight excluding hydrogens is 240 g/mol. The highest BCUT2D eigenvalue weighted by molar-refractivity contribution is 7.72. The van der Waals surface area contributed by atoms with Crippen LogP contribution in [0.25, 0.3) is 0 Å². The zero-order valence-electron chi connectivity index (χ0n) is 8.60. The van der Waals surface area contributed by atoms with Crippen molar-refractivity contribution >= 4 is 30.7 Å². The zero-order chi connectivity index (χ0) is 11.5. The van der Waals surface area contributed by atoms with E-state index < -0.39 is 0 Å². The minimum atomic E-state index is 0.453. The molecule has 0 amide bonds. The van der Waals surface area contributed by atoms with E-state index >= 15 is 0 Å². The third-order valence-corrected chi connectivity index (χ3v) is 2.58. The normalized spacial score (nSPS) is 11.1. The van der Waals surface area contributed by atoms with Crippen LogP contribution >= 0.6 is 24.4 Å². The predicted molar refractivity (Wildman–Crippen MR) is 69.0 cm³/mol. The molecule has 0 aliphatic rings. The Labute approximate surface area is 103 Å². The summed E-state index contributed by atoms with van der Waals surface area (Å²) in [5.74, 6) is 0. The molecule has 0 atom stereocenters. The van der Waals surface area contributed by atoms with Crippen molar-refractivity contribution in [1.82, 2.24) is 14.9 Å². The van der Waals surface area contributed by atoms with E-state index in [9.17, 15) is 0 Å². The number of aryl methyl sites for hydroxylation is 1. The molecule has 0 aliphatic carbocycles. The molecule has 0 aliphatic heterocycles. The smallest absolute Gasteiger partial charge is 0.215 e. The van der Waals surface area contributed by atoms with Crippen molar-refractivity contribution in [3.63, 3.8) is 0 Å². The highest BCUT2D eigenvalue weighted by atomic mass is 32.1. The minimum absolute atomic E-state index is 0.453. The number of hydrogen-bond donors (Lipinski definition) is 2. The second-order valence-corrected chi connectivity index (χ2v) is 4.10. The number of hydrogen-bond acceptors (Lipinski definition) is 3.